The van der Waals surface area contributed by atoms with Crippen LogP contribution in [0.2, 0.25) is 0 Å². The Morgan fingerprint density at radius 1 is 1.15 bits per heavy atom. The maximum Gasteiger partial charge on any atom is 0.173 e. The molecule has 1 aliphatic carbocycles. The molecule has 4 rings (SSSR count). The molecule has 2 aromatic carbocycles. The van der Waals surface area contributed by atoms with Crippen molar-refractivity contribution in [1.82, 2.24) is 5.32 Å². The maximum absolute atomic E-state index is 13.3. The number of rotatable bonds is 6. The molecule has 174 valence electrons. The predicted molar refractivity (Wildman–Crippen MR) is 135 cm³/mol. The fraction of sp³-hybridized carbons (Fsp3) is 0.321. The number of nitrogens with one attached hydrogen (secondary N) is 1. The second kappa shape index (κ2) is 9.52. The number of Topliss-reactive ketones (excluding diaryl/α,β-unsaturated/α-hetero) is 2. The minimum absolute atomic E-state index is 0.00239. The number of benzene rings is 2. The highest BCUT2D eigenvalue weighted by Crippen LogP contribution is 2.48. The number of carbonyl (C=O) groups is 2. The standard InChI is InChI=1S/C28H28N2O3S/c1-17-5-7-18(8-6-17)24(32)16-34-27-21(15-29)25(19-9-11-20(33-4)12-10-19)26-22(30-27)13-28(2,3)14-23(26)31/h5-12,25,30H,13-14,16H2,1-4H3/t25-/m1/s1. The van der Waals surface area contributed by atoms with E-state index >= 15 is 0 Å². The molecular weight excluding hydrogens is 444 g/mol. The first kappa shape index (κ1) is 23.8. The summed E-state index contributed by atoms with van der Waals surface area (Å²) in [4.78, 5) is 26.1. The van der Waals surface area contributed by atoms with Gasteiger partial charge in [-0.05, 0) is 36.5 Å². The number of carbonyl (C=O) groups excluding carboxylic acids is 2. The van der Waals surface area contributed by atoms with Gasteiger partial charge in [0, 0.05) is 23.3 Å². The molecule has 1 heterocycles. The second-order valence-electron chi connectivity index (χ2n) is 9.60. The van der Waals surface area contributed by atoms with Gasteiger partial charge in [-0.3, -0.25) is 9.59 Å². The van der Waals surface area contributed by atoms with Crippen LogP contribution in [-0.4, -0.2) is 24.4 Å². The van der Waals surface area contributed by atoms with E-state index in [-0.39, 0.29) is 22.7 Å². The molecule has 0 aromatic heterocycles. The summed E-state index contributed by atoms with van der Waals surface area (Å²) in [6, 6.07) is 17.3. The Balaban J connectivity index is 1.71. The number of allylic oxidation sites excluding steroid dienone is 3. The summed E-state index contributed by atoms with van der Waals surface area (Å²) in [6.45, 7) is 6.14. The van der Waals surface area contributed by atoms with Gasteiger partial charge in [-0.1, -0.05) is 67.6 Å². The van der Waals surface area contributed by atoms with Crippen LogP contribution in [0.25, 0.3) is 0 Å². The number of hydrogen-bond donors (Lipinski definition) is 1. The highest BCUT2D eigenvalue weighted by molar-refractivity contribution is 8.03. The zero-order valence-electron chi connectivity index (χ0n) is 19.9. The van der Waals surface area contributed by atoms with E-state index in [0.29, 0.717) is 40.3 Å². The third-order valence-corrected chi connectivity index (χ3v) is 7.31. The second-order valence-corrected chi connectivity index (χ2v) is 10.6. The molecule has 0 saturated carbocycles. The SMILES string of the molecule is COc1ccc([C@@H]2C(C#N)=C(SCC(=O)c3ccc(C)cc3)NC3=C2C(=O)CC(C)(C)C3)cc1. The zero-order chi connectivity index (χ0) is 24.5. The van der Waals surface area contributed by atoms with E-state index in [9.17, 15) is 14.9 Å². The molecule has 5 nitrogen and oxygen atoms in total. The van der Waals surface area contributed by atoms with Crippen LogP contribution >= 0.6 is 11.8 Å². The van der Waals surface area contributed by atoms with E-state index in [1.54, 1.807) is 7.11 Å². The van der Waals surface area contributed by atoms with E-state index in [1.807, 2.05) is 55.5 Å². The number of nitriles is 1. The van der Waals surface area contributed by atoms with E-state index < -0.39 is 5.92 Å². The van der Waals surface area contributed by atoms with E-state index in [4.69, 9.17) is 4.74 Å². The van der Waals surface area contributed by atoms with Gasteiger partial charge < -0.3 is 10.1 Å². The first-order valence-corrected chi connectivity index (χ1v) is 12.2. The van der Waals surface area contributed by atoms with Crippen LogP contribution in [0.4, 0.5) is 0 Å². The fourth-order valence-electron chi connectivity index (χ4n) is 4.58. The van der Waals surface area contributed by atoms with Crippen molar-refractivity contribution < 1.29 is 14.3 Å². The maximum atomic E-state index is 13.3. The van der Waals surface area contributed by atoms with Gasteiger partial charge in [-0.25, -0.2) is 0 Å². The van der Waals surface area contributed by atoms with Gasteiger partial charge in [0.25, 0.3) is 0 Å². The van der Waals surface area contributed by atoms with Crippen molar-refractivity contribution in [1.29, 1.82) is 5.26 Å². The number of aryl methyl sites for hydroxylation is 1. The lowest BCUT2D eigenvalue weighted by atomic mass is 9.69. The molecule has 1 N–H and O–H groups in total. The monoisotopic (exact) mass is 472 g/mol. The van der Waals surface area contributed by atoms with Gasteiger partial charge in [-0.15, -0.1) is 0 Å². The summed E-state index contributed by atoms with van der Waals surface area (Å²) in [5, 5.41) is 14.2. The Hall–Kier alpha value is -3.30. The molecule has 1 atom stereocenters. The van der Waals surface area contributed by atoms with E-state index in [2.05, 4.69) is 25.2 Å². The van der Waals surface area contributed by atoms with Crippen molar-refractivity contribution in [2.24, 2.45) is 5.41 Å². The molecule has 0 unspecified atom stereocenters. The molecule has 0 spiro atoms. The molecule has 2 aromatic rings. The smallest absolute Gasteiger partial charge is 0.173 e. The van der Waals surface area contributed by atoms with Crippen molar-refractivity contribution in [3.05, 3.63) is 87.1 Å². The van der Waals surface area contributed by atoms with Crippen molar-refractivity contribution >= 4 is 23.3 Å². The molecule has 0 bridgehead atoms. The Labute approximate surface area is 204 Å². The molecule has 0 amide bonds. The Kier molecular flexibility index (Phi) is 6.67. The van der Waals surface area contributed by atoms with Crippen molar-refractivity contribution in [3.8, 4) is 11.8 Å². The van der Waals surface area contributed by atoms with Crippen LogP contribution in [-0.2, 0) is 4.79 Å². The lowest BCUT2D eigenvalue weighted by Gasteiger charge is -2.39. The van der Waals surface area contributed by atoms with Crippen LogP contribution < -0.4 is 10.1 Å². The van der Waals surface area contributed by atoms with Crippen molar-refractivity contribution in [2.75, 3.05) is 12.9 Å². The summed E-state index contributed by atoms with van der Waals surface area (Å²) in [5.74, 6) is 0.507. The molecular formula is C28H28N2O3S. The number of methoxy groups -OCH3 is 1. The number of hydrogen-bond acceptors (Lipinski definition) is 6. The van der Waals surface area contributed by atoms with Gasteiger partial charge in [0.2, 0.25) is 0 Å². The van der Waals surface area contributed by atoms with E-state index in [0.717, 1.165) is 16.8 Å². The van der Waals surface area contributed by atoms with Gasteiger partial charge in [0.05, 0.1) is 35.5 Å². The van der Waals surface area contributed by atoms with Gasteiger partial charge in [-0.2, -0.15) is 5.26 Å². The number of ether oxygens (including phenoxy) is 1. The highest BCUT2D eigenvalue weighted by Gasteiger charge is 2.42. The average molecular weight is 473 g/mol. The first-order valence-electron chi connectivity index (χ1n) is 11.3. The number of ketones is 2. The average Bonchev–Trinajstić information content (AvgIpc) is 2.81. The summed E-state index contributed by atoms with van der Waals surface area (Å²) in [5.41, 5.74) is 4.42. The summed E-state index contributed by atoms with van der Waals surface area (Å²) < 4.78 is 5.29. The fourth-order valence-corrected chi connectivity index (χ4v) is 5.54. The Morgan fingerprint density at radius 2 is 1.82 bits per heavy atom. The first-order chi connectivity index (χ1) is 16.2. The Bertz CT molecular complexity index is 1230. The van der Waals surface area contributed by atoms with Crippen LogP contribution in [0, 0.1) is 23.7 Å². The quantitative estimate of drug-likeness (QED) is 0.545. The molecule has 2 aliphatic rings. The van der Waals surface area contributed by atoms with Gasteiger partial charge in [0.1, 0.15) is 5.75 Å². The summed E-state index contributed by atoms with van der Waals surface area (Å²) in [7, 11) is 1.60. The van der Waals surface area contributed by atoms with Crippen LogP contribution in [0.5, 0.6) is 5.75 Å². The molecule has 34 heavy (non-hydrogen) atoms. The largest absolute Gasteiger partial charge is 0.497 e. The molecule has 6 heteroatoms. The number of thioether (sulfide) groups is 1. The number of nitrogens with zero attached hydrogens (tertiary/aromatic N) is 1. The number of dihydropyridines is 1. The summed E-state index contributed by atoms with van der Waals surface area (Å²) >= 11 is 1.33. The highest BCUT2D eigenvalue weighted by atomic mass is 32.2. The lowest BCUT2D eigenvalue weighted by molar-refractivity contribution is -0.118. The van der Waals surface area contributed by atoms with Gasteiger partial charge >= 0.3 is 0 Å². The lowest BCUT2D eigenvalue weighted by Crippen LogP contribution is -2.37. The third-order valence-electron chi connectivity index (χ3n) is 6.30. The normalized spacial score (nSPS) is 19.3. The van der Waals surface area contributed by atoms with E-state index in [1.165, 1.54) is 11.8 Å². The van der Waals surface area contributed by atoms with Crippen molar-refractivity contribution in [3.63, 3.8) is 0 Å². The van der Waals surface area contributed by atoms with Crippen LogP contribution in [0.1, 0.15) is 54.1 Å². The molecule has 0 radical (unpaired) electrons. The Morgan fingerprint density at radius 3 is 2.44 bits per heavy atom. The van der Waals surface area contributed by atoms with Crippen LogP contribution in [0.3, 0.4) is 0 Å². The summed E-state index contributed by atoms with van der Waals surface area (Å²) in [6.07, 6.45) is 1.14. The van der Waals surface area contributed by atoms with Crippen LogP contribution in [0.15, 0.2) is 70.4 Å². The minimum atomic E-state index is -0.465. The molecule has 1 aliphatic heterocycles. The van der Waals surface area contributed by atoms with Crippen molar-refractivity contribution in [2.45, 2.75) is 39.5 Å². The topological polar surface area (TPSA) is 79.2 Å². The van der Waals surface area contributed by atoms with Gasteiger partial charge in [0.15, 0.2) is 11.6 Å². The third kappa shape index (κ3) is 4.80. The molecule has 0 fully saturated rings. The zero-order valence-corrected chi connectivity index (χ0v) is 20.7. The molecule has 0 saturated heterocycles. The minimum Gasteiger partial charge on any atom is -0.497 e. The predicted octanol–water partition coefficient (Wildman–Crippen LogP) is 5.68.